The van der Waals surface area contributed by atoms with Gasteiger partial charge >= 0.3 is 5.97 Å². The van der Waals surface area contributed by atoms with Crippen LogP contribution in [0.15, 0.2) is 12.2 Å². The van der Waals surface area contributed by atoms with Crippen molar-refractivity contribution in [2.24, 2.45) is 56.7 Å². The number of hydrogen-bond acceptors (Lipinski definition) is 5. The van der Waals surface area contributed by atoms with Crippen molar-refractivity contribution < 1.29 is 24.9 Å². The molecule has 0 aliphatic heterocycles. The molecule has 5 heteroatoms. The Labute approximate surface area is 230 Å². The van der Waals surface area contributed by atoms with Crippen LogP contribution in [0.4, 0.5) is 0 Å². The normalized spacial score (nSPS) is 50.1. The van der Waals surface area contributed by atoms with E-state index in [1.54, 1.807) is 0 Å². The van der Waals surface area contributed by atoms with E-state index in [0.29, 0.717) is 36.2 Å². The SMILES string of the molecule is C=C(C)[C@@H]1CC[C@]2(CO)CC[C@]3(C)C(CCC4[C@@]5(C)CC[C@H](OC(=O)C(O)CO)C(C)(C)C5CC[C@]43C)C12. The van der Waals surface area contributed by atoms with Gasteiger partial charge in [-0.15, -0.1) is 0 Å². The Hall–Kier alpha value is -0.910. The zero-order valence-electron chi connectivity index (χ0n) is 24.9. The summed E-state index contributed by atoms with van der Waals surface area (Å²) in [4.78, 5) is 12.4. The topological polar surface area (TPSA) is 87.0 Å². The van der Waals surface area contributed by atoms with Crippen molar-refractivity contribution in [2.45, 2.75) is 118 Å². The summed E-state index contributed by atoms with van der Waals surface area (Å²) < 4.78 is 5.84. The molecule has 5 aliphatic carbocycles. The van der Waals surface area contributed by atoms with Crippen LogP contribution in [-0.2, 0) is 9.53 Å². The molecule has 5 nitrogen and oxygen atoms in total. The molecule has 38 heavy (non-hydrogen) atoms. The van der Waals surface area contributed by atoms with Crippen molar-refractivity contribution in [3.8, 4) is 0 Å². The molecule has 0 bridgehead atoms. The molecule has 216 valence electrons. The number of carbonyl (C=O) groups is 1. The number of hydrogen-bond donors (Lipinski definition) is 3. The van der Waals surface area contributed by atoms with Crippen LogP contribution in [0.2, 0.25) is 0 Å². The van der Waals surface area contributed by atoms with E-state index in [1.807, 2.05) is 0 Å². The minimum absolute atomic E-state index is 0.0845. The third kappa shape index (κ3) is 3.69. The van der Waals surface area contributed by atoms with Crippen molar-refractivity contribution in [2.75, 3.05) is 13.2 Å². The number of esters is 1. The Morgan fingerprint density at radius 3 is 2.24 bits per heavy atom. The van der Waals surface area contributed by atoms with Crippen molar-refractivity contribution in [3.05, 3.63) is 12.2 Å². The summed E-state index contributed by atoms with van der Waals surface area (Å²) in [5.41, 5.74) is 1.89. The first-order valence-corrected chi connectivity index (χ1v) is 15.5. The lowest BCUT2D eigenvalue weighted by Crippen LogP contribution is -2.67. The third-order valence-electron chi connectivity index (χ3n) is 14.2. The number of allylic oxidation sites excluding steroid dienone is 1. The van der Waals surface area contributed by atoms with E-state index >= 15 is 0 Å². The predicted octanol–water partition coefficient (Wildman–Crippen LogP) is 5.90. The maximum atomic E-state index is 12.4. The van der Waals surface area contributed by atoms with E-state index in [0.717, 1.165) is 32.1 Å². The molecule has 0 aromatic carbocycles. The average molecular weight is 531 g/mol. The molecule has 5 fully saturated rings. The van der Waals surface area contributed by atoms with Crippen LogP contribution < -0.4 is 0 Å². The molecule has 0 saturated heterocycles. The van der Waals surface area contributed by atoms with Gasteiger partial charge in [0.2, 0.25) is 0 Å². The van der Waals surface area contributed by atoms with E-state index in [2.05, 4.69) is 48.1 Å². The van der Waals surface area contributed by atoms with Crippen LogP contribution in [0.3, 0.4) is 0 Å². The quantitative estimate of drug-likeness (QED) is 0.304. The Morgan fingerprint density at radius 1 is 0.895 bits per heavy atom. The number of fused-ring (bicyclic) bond motifs is 7. The summed E-state index contributed by atoms with van der Waals surface area (Å²) in [6.07, 6.45) is 9.67. The molecule has 11 atom stereocenters. The van der Waals surface area contributed by atoms with E-state index in [1.165, 1.54) is 37.7 Å². The van der Waals surface area contributed by atoms with Gasteiger partial charge in [-0.05, 0) is 122 Å². The van der Waals surface area contributed by atoms with Crippen LogP contribution >= 0.6 is 0 Å². The van der Waals surface area contributed by atoms with E-state index in [9.17, 15) is 20.1 Å². The monoisotopic (exact) mass is 530 g/mol. The van der Waals surface area contributed by atoms with Crippen LogP contribution in [-0.4, -0.2) is 46.7 Å². The van der Waals surface area contributed by atoms with Gasteiger partial charge in [0.1, 0.15) is 6.10 Å². The molecule has 0 radical (unpaired) electrons. The zero-order chi connectivity index (χ0) is 27.9. The van der Waals surface area contributed by atoms with E-state index < -0.39 is 18.7 Å². The minimum atomic E-state index is -1.46. The Morgan fingerprint density at radius 2 is 1.61 bits per heavy atom. The van der Waals surface area contributed by atoms with Crippen LogP contribution in [0, 0.1) is 56.7 Å². The third-order valence-corrected chi connectivity index (χ3v) is 14.2. The average Bonchev–Trinajstić information content (AvgIpc) is 3.26. The van der Waals surface area contributed by atoms with E-state index in [-0.39, 0.29) is 33.2 Å². The molecule has 5 saturated carbocycles. The first-order valence-electron chi connectivity index (χ1n) is 15.5. The number of rotatable bonds is 5. The highest BCUT2D eigenvalue weighted by molar-refractivity contribution is 5.74. The molecular formula is C33H54O5. The predicted molar refractivity (Wildman–Crippen MR) is 149 cm³/mol. The smallest absolute Gasteiger partial charge is 0.337 e. The molecule has 0 aromatic rings. The Kier molecular flexibility index (Phi) is 7.01. The zero-order valence-corrected chi connectivity index (χ0v) is 24.9. The molecule has 0 amide bonds. The largest absolute Gasteiger partial charge is 0.460 e. The van der Waals surface area contributed by atoms with Gasteiger partial charge < -0.3 is 20.1 Å². The van der Waals surface area contributed by atoms with Gasteiger partial charge in [0, 0.05) is 12.0 Å². The van der Waals surface area contributed by atoms with Gasteiger partial charge in [0.15, 0.2) is 6.10 Å². The summed E-state index contributed by atoms with van der Waals surface area (Å²) in [6, 6.07) is 0. The van der Waals surface area contributed by atoms with Gasteiger partial charge in [-0.2, -0.15) is 0 Å². The second kappa shape index (κ2) is 9.31. The van der Waals surface area contributed by atoms with Crippen molar-refractivity contribution in [1.82, 2.24) is 0 Å². The first-order chi connectivity index (χ1) is 17.7. The molecule has 0 heterocycles. The van der Waals surface area contributed by atoms with Gasteiger partial charge in [0.05, 0.1) is 6.61 Å². The lowest BCUT2D eigenvalue weighted by atomic mass is 9.32. The van der Waals surface area contributed by atoms with Crippen LogP contribution in [0.1, 0.15) is 106 Å². The van der Waals surface area contributed by atoms with Gasteiger partial charge in [0.25, 0.3) is 0 Å². The minimum Gasteiger partial charge on any atom is -0.460 e. The summed E-state index contributed by atoms with van der Waals surface area (Å²) in [7, 11) is 0. The highest BCUT2D eigenvalue weighted by atomic mass is 16.6. The number of aliphatic hydroxyl groups is 3. The highest BCUT2D eigenvalue weighted by Crippen LogP contribution is 2.77. The van der Waals surface area contributed by atoms with Gasteiger partial charge in [-0.3, -0.25) is 0 Å². The fraction of sp³-hybridized carbons (Fsp3) is 0.909. The summed E-state index contributed by atoms with van der Waals surface area (Å²) in [5, 5.41) is 29.8. The molecule has 3 N–H and O–H groups in total. The molecule has 0 aromatic heterocycles. The lowest BCUT2D eigenvalue weighted by molar-refractivity contribution is -0.252. The lowest BCUT2D eigenvalue weighted by Gasteiger charge is -2.73. The maximum absolute atomic E-state index is 12.4. The van der Waals surface area contributed by atoms with Crippen molar-refractivity contribution in [3.63, 3.8) is 0 Å². The van der Waals surface area contributed by atoms with Gasteiger partial charge in [-0.1, -0.05) is 46.8 Å². The van der Waals surface area contributed by atoms with Crippen molar-refractivity contribution >= 4 is 5.97 Å². The second-order valence-corrected chi connectivity index (χ2v) is 15.7. The van der Waals surface area contributed by atoms with E-state index in [4.69, 9.17) is 4.74 Å². The fourth-order valence-corrected chi connectivity index (χ4v) is 12.0. The van der Waals surface area contributed by atoms with Crippen molar-refractivity contribution in [1.29, 1.82) is 0 Å². The molecule has 0 spiro atoms. The molecule has 5 rings (SSSR count). The number of carbonyl (C=O) groups excluding carboxylic acids is 1. The second-order valence-electron chi connectivity index (χ2n) is 15.7. The number of aliphatic hydroxyl groups excluding tert-OH is 3. The van der Waals surface area contributed by atoms with Crippen LogP contribution in [0.25, 0.3) is 0 Å². The molecule has 5 unspecified atom stereocenters. The summed E-state index contributed by atoms with van der Waals surface area (Å²) in [5.74, 6) is 2.11. The van der Waals surface area contributed by atoms with Crippen LogP contribution in [0.5, 0.6) is 0 Å². The Balaban J connectivity index is 1.45. The molecule has 5 aliphatic rings. The van der Waals surface area contributed by atoms with Gasteiger partial charge in [-0.25, -0.2) is 4.79 Å². The molecular weight excluding hydrogens is 476 g/mol. The number of ether oxygens (including phenoxy) is 1. The Bertz CT molecular complexity index is 959. The highest BCUT2D eigenvalue weighted by Gasteiger charge is 2.71. The maximum Gasteiger partial charge on any atom is 0.337 e. The first kappa shape index (κ1) is 28.6. The standard InChI is InChI=1S/C33H54O5/c1-20(2)21-10-15-33(19-35)17-16-31(6)22(27(21)33)8-9-25-30(5)13-12-26(38-28(37)23(36)18-34)29(3,4)24(30)11-14-32(25,31)7/h21-27,34-36H,1,8-19H2,2-7H3/t21-,22?,23?,24?,25?,26-,27?,30-,31+,32+,33+/m0/s1. The summed E-state index contributed by atoms with van der Waals surface area (Å²) in [6.45, 7) is 18.7. The summed E-state index contributed by atoms with van der Waals surface area (Å²) >= 11 is 0. The fourth-order valence-electron chi connectivity index (χ4n) is 12.0.